The summed E-state index contributed by atoms with van der Waals surface area (Å²) in [7, 11) is -3.76. The number of nitrogens with zero attached hydrogens (tertiary/aromatic N) is 3. The van der Waals surface area contributed by atoms with Gasteiger partial charge in [0.05, 0.1) is 12.3 Å². The van der Waals surface area contributed by atoms with Crippen LogP contribution < -0.4 is 10.0 Å². The first kappa shape index (κ1) is 14.2. The summed E-state index contributed by atoms with van der Waals surface area (Å²) in [5.41, 5.74) is 0.598. The second-order valence-corrected chi connectivity index (χ2v) is 5.97. The number of hydrogen-bond donors (Lipinski definition) is 2. The third kappa shape index (κ3) is 3.41. The molecule has 7 nitrogen and oxygen atoms in total. The number of aliphatic hydroxyl groups is 1. The lowest BCUT2D eigenvalue weighted by atomic mass is 10.2. The van der Waals surface area contributed by atoms with Gasteiger partial charge in [0, 0.05) is 45.1 Å². The zero-order valence-electron chi connectivity index (χ0n) is 10.6. The Hall–Kier alpha value is -1.22. The zero-order valence-corrected chi connectivity index (χ0v) is 11.4. The van der Waals surface area contributed by atoms with Crippen molar-refractivity contribution in [1.29, 1.82) is 0 Å². The van der Waals surface area contributed by atoms with Crippen LogP contribution in [0, 0.1) is 0 Å². The normalized spacial score (nSPS) is 17.7. The number of nitrogens with two attached hydrogens (primary N) is 1. The fourth-order valence-electron chi connectivity index (χ4n) is 2.21. The largest absolute Gasteiger partial charge is 0.395 e. The van der Waals surface area contributed by atoms with Gasteiger partial charge in [0.1, 0.15) is 4.90 Å². The van der Waals surface area contributed by atoms with E-state index in [1.807, 2.05) is 4.90 Å². The molecule has 1 aromatic heterocycles. The first-order valence-electron chi connectivity index (χ1n) is 6.07. The highest BCUT2D eigenvalue weighted by molar-refractivity contribution is 7.89. The predicted molar refractivity (Wildman–Crippen MR) is 71.3 cm³/mol. The van der Waals surface area contributed by atoms with Crippen molar-refractivity contribution in [2.75, 3.05) is 44.2 Å². The van der Waals surface area contributed by atoms with E-state index < -0.39 is 10.0 Å². The second kappa shape index (κ2) is 5.83. The molecule has 1 aromatic rings. The number of pyridine rings is 1. The maximum atomic E-state index is 11.5. The van der Waals surface area contributed by atoms with Crippen LogP contribution in [0.5, 0.6) is 0 Å². The average Bonchev–Trinajstić information content (AvgIpc) is 2.39. The van der Waals surface area contributed by atoms with Gasteiger partial charge in [-0.3, -0.25) is 9.88 Å². The molecule has 0 aromatic carbocycles. The monoisotopic (exact) mass is 286 g/mol. The van der Waals surface area contributed by atoms with Gasteiger partial charge in [-0.25, -0.2) is 13.6 Å². The van der Waals surface area contributed by atoms with Gasteiger partial charge in [-0.2, -0.15) is 0 Å². The fourth-order valence-corrected chi connectivity index (χ4v) is 2.90. The number of anilines is 1. The van der Waals surface area contributed by atoms with Crippen molar-refractivity contribution < 1.29 is 13.5 Å². The topological polar surface area (TPSA) is 99.8 Å². The van der Waals surface area contributed by atoms with Crippen LogP contribution in [0.15, 0.2) is 23.4 Å². The summed E-state index contributed by atoms with van der Waals surface area (Å²) in [5, 5.41) is 14.1. The first-order valence-corrected chi connectivity index (χ1v) is 7.62. The van der Waals surface area contributed by atoms with Crippen molar-refractivity contribution in [3.63, 3.8) is 0 Å². The molecule has 2 heterocycles. The van der Waals surface area contributed by atoms with Crippen LogP contribution in [0.4, 0.5) is 5.69 Å². The van der Waals surface area contributed by atoms with Crippen LogP contribution in [-0.4, -0.2) is 62.7 Å². The Morgan fingerprint density at radius 2 is 2.00 bits per heavy atom. The standard InChI is InChI=1S/C11H18N4O3S/c12-19(17,18)11-9-13-2-1-10(11)15-5-3-14(4-6-15)7-8-16/h1-2,9,16H,3-8H2,(H2,12,17,18). The molecular weight excluding hydrogens is 268 g/mol. The number of primary sulfonamides is 1. The van der Waals surface area contributed by atoms with Crippen molar-refractivity contribution in [3.05, 3.63) is 18.5 Å². The molecular formula is C11H18N4O3S. The molecule has 8 heteroatoms. The van der Waals surface area contributed by atoms with E-state index in [4.69, 9.17) is 10.2 Å². The summed E-state index contributed by atoms with van der Waals surface area (Å²) < 4.78 is 23.1. The van der Waals surface area contributed by atoms with Crippen molar-refractivity contribution in [1.82, 2.24) is 9.88 Å². The predicted octanol–water partition coefficient (Wildman–Crippen LogP) is -1.16. The third-order valence-electron chi connectivity index (χ3n) is 3.20. The third-order valence-corrected chi connectivity index (χ3v) is 4.13. The van der Waals surface area contributed by atoms with E-state index in [-0.39, 0.29) is 11.5 Å². The van der Waals surface area contributed by atoms with Gasteiger partial charge in [0.15, 0.2) is 0 Å². The van der Waals surface area contributed by atoms with Crippen LogP contribution in [0.25, 0.3) is 0 Å². The summed E-state index contributed by atoms with van der Waals surface area (Å²) >= 11 is 0. The number of aromatic nitrogens is 1. The summed E-state index contributed by atoms with van der Waals surface area (Å²) in [6.45, 7) is 3.75. The minimum Gasteiger partial charge on any atom is -0.395 e. The number of rotatable bonds is 4. The molecule has 3 N–H and O–H groups in total. The smallest absolute Gasteiger partial charge is 0.241 e. The average molecular weight is 286 g/mol. The van der Waals surface area contributed by atoms with Crippen molar-refractivity contribution >= 4 is 15.7 Å². The van der Waals surface area contributed by atoms with Crippen LogP contribution in [-0.2, 0) is 10.0 Å². The molecule has 1 saturated heterocycles. The van der Waals surface area contributed by atoms with E-state index in [0.29, 0.717) is 25.3 Å². The molecule has 0 radical (unpaired) electrons. The van der Waals surface area contributed by atoms with Crippen molar-refractivity contribution in [3.8, 4) is 0 Å². The molecule has 2 rings (SSSR count). The molecule has 0 atom stereocenters. The minimum atomic E-state index is -3.76. The Morgan fingerprint density at radius 3 is 2.58 bits per heavy atom. The van der Waals surface area contributed by atoms with E-state index in [9.17, 15) is 8.42 Å². The molecule has 0 aliphatic carbocycles. The van der Waals surface area contributed by atoms with Gasteiger partial charge in [0.25, 0.3) is 0 Å². The Kier molecular flexibility index (Phi) is 4.35. The summed E-state index contributed by atoms with van der Waals surface area (Å²) in [6, 6.07) is 1.67. The first-order chi connectivity index (χ1) is 9.02. The second-order valence-electron chi connectivity index (χ2n) is 4.44. The van der Waals surface area contributed by atoms with E-state index in [1.165, 1.54) is 6.20 Å². The molecule has 1 aliphatic rings. The molecule has 1 fully saturated rings. The summed E-state index contributed by atoms with van der Waals surface area (Å²) in [5.74, 6) is 0. The van der Waals surface area contributed by atoms with Gasteiger partial charge in [-0.1, -0.05) is 0 Å². The van der Waals surface area contributed by atoms with Crippen LogP contribution in [0.1, 0.15) is 0 Å². The molecule has 1 aliphatic heterocycles. The molecule has 0 saturated carbocycles. The lowest BCUT2D eigenvalue weighted by Gasteiger charge is -2.36. The highest BCUT2D eigenvalue weighted by Crippen LogP contribution is 2.23. The van der Waals surface area contributed by atoms with Crippen LogP contribution in [0.2, 0.25) is 0 Å². The maximum absolute atomic E-state index is 11.5. The van der Waals surface area contributed by atoms with Gasteiger partial charge in [0.2, 0.25) is 10.0 Å². The quantitative estimate of drug-likeness (QED) is 0.724. The Morgan fingerprint density at radius 1 is 1.32 bits per heavy atom. The Balaban J connectivity index is 2.16. The van der Waals surface area contributed by atoms with E-state index in [1.54, 1.807) is 12.3 Å². The lowest BCUT2D eigenvalue weighted by Crippen LogP contribution is -2.47. The zero-order chi connectivity index (χ0) is 13.9. The number of piperazine rings is 1. The maximum Gasteiger partial charge on any atom is 0.241 e. The van der Waals surface area contributed by atoms with E-state index in [0.717, 1.165) is 13.1 Å². The highest BCUT2D eigenvalue weighted by Gasteiger charge is 2.22. The number of aliphatic hydroxyl groups excluding tert-OH is 1. The molecule has 0 unspecified atom stereocenters. The van der Waals surface area contributed by atoms with Gasteiger partial charge < -0.3 is 10.0 Å². The minimum absolute atomic E-state index is 0.0607. The molecule has 0 spiro atoms. The molecule has 0 amide bonds. The highest BCUT2D eigenvalue weighted by atomic mass is 32.2. The summed E-state index contributed by atoms with van der Waals surface area (Å²) in [6.07, 6.45) is 2.84. The van der Waals surface area contributed by atoms with Gasteiger partial charge in [-0.15, -0.1) is 0 Å². The number of hydrogen-bond acceptors (Lipinski definition) is 6. The summed E-state index contributed by atoms with van der Waals surface area (Å²) in [4.78, 5) is 8.00. The van der Waals surface area contributed by atoms with E-state index in [2.05, 4.69) is 9.88 Å². The lowest BCUT2D eigenvalue weighted by molar-refractivity contribution is 0.188. The molecule has 106 valence electrons. The molecule has 0 bridgehead atoms. The van der Waals surface area contributed by atoms with Crippen molar-refractivity contribution in [2.45, 2.75) is 4.90 Å². The Labute approximate surface area is 112 Å². The SMILES string of the molecule is NS(=O)(=O)c1cnccc1N1CCN(CCO)CC1. The Bertz CT molecular complexity index is 526. The molecule has 19 heavy (non-hydrogen) atoms. The van der Waals surface area contributed by atoms with Crippen LogP contribution in [0.3, 0.4) is 0 Å². The van der Waals surface area contributed by atoms with Gasteiger partial charge in [-0.05, 0) is 6.07 Å². The van der Waals surface area contributed by atoms with Gasteiger partial charge >= 0.3 is 0 Å². The van der Waals surface area contributed by atoms with Crippen LogP contribution >= 0.6 is 0 Å². The fraction of sp³-hybridized carbons (Fsp3) is 0.545. The van der Waals surface area contributed by atoms with E-state index >= 15 is 0 Å². The number of sulfonamides is 1. The number of β-amino-alcohol motifs (C(OH)–C–C–N with tert-alkyl or cyclic N) is 1. The van der Waals surface area contributed by atoms with Crippen molar-refractivity contribution in [2.24, 2.45) is 5.14 Å².